The predicted octanol–water partition coefficient (Wildman–Crippen LogP) is 2.90. The molecule has 0 N–H and O–H groups in total. The third kappa shape index (κ3) is 4.93. The first-order chi connectivity index (χ1) is 12.8. The van der Waals surface area contributed by atoms with Crippen LogP contribution in [0.1, 0.15) is 23.7 Å². The summed E-state index contributed by atoms with van der Waals surface area (Å²) in [6, 6.07) is 12.6. The molecule has 27 heavy (non-hydrogen) atoms. The van der Waals surface area contributed by atoms with Gasteiger partial charge in [0.15, 0.2) is 9.84 Å². The molecule has 2 aromatic rings. The zero-order valence-corrected chi connectivity index (χ0v) is 15.9. The number of ether oxygens (including phenoxy) is 1. The molecule has 1 aliphatic heterocycles. The fourth-order valence-electron chi connectivity index (χ4n) is 3.00. The van der Waals surface area contributed by atoms with Crippen molar-refractivity contribution in [3.8, 4) is 0 Å². The minimum absolute atomic E-state index is 0.0770. The summed E-state index contributed by atoms with van der Waals surface area (Å²) in [4.78, 5) is 14.3. The monoisotopic (exact) mass is 391 g/mol. The molecule has 0 aliphatic carbocycles. The summed E-state index contributed by atoms with van der Waals surface area (Å²) in [5, 5.41) is 0. The van der Waals surface area contributed by atoms with Crippen molar-refractivity contribution in [2.75, 3.05) is 25.4 Å². The Morgan fingerprint density at radius 1 is 1.15 bits per heavy atom. The lowest BCUT2D eigenvalue weighted by atomic mass is 10.1. The second-order valence-electron chi connectivity index (χ2n) is 6.63. The number of aryl methyl sites for hydroxylation is 1. The molecule has 1 amide bonds. The van der Waals surface area contributed by atoms with Crippen LogP contribution in [0.25, 0.3) is 0 Å². The molecule has 1 atom stereocenters. The predicted molar refractivity (Wildman–Crippen MR) is 99.5 cm³/mol. The maximum atomic E-state index is 13.1. The van der Waals surface area contributed by atoms with Crippen LogP contribution in [0.15, 0.2) is 53.4 Å². The molecular formula is C20H22FNO4S. The van der Waals surface area contributed by atoms with Gasteiger partial charge in [0.05, 0.1) is 23.8 Å². The maximum absolute atomic E-state index is 13.1. The van der Waals surface area contributed by atoms with Gasteiger partial charge in [-0.25, -0.2) is 12.8 Å². The number of carbonyl (C=O) groups is 1. The molecule has 7 heteroatoms. The van der Waals surface area contributed by atoms with Crippen molar-refractivity contribution < 1.29 is 22.3 Å². The molecular weight excluding hydrogens is 369 g/mol. The molecule has 0 radical (unpaired) electrons. The van der Waals surface area contributed by atoms with Crippen LogP contribution in [0.3, 0.4) is 0 Å². The van der Waals surface area contributed by atoms with Gasteiger partial charge < -0.3 is 9.64 Å². The number of amides is 1. The topological polar surface area (TPSA) is 63.7 Å². The van der Waals surface area contributed by atoms with E-state index in [1.165, 1.54) is 12.1 Å². The van der Waals surface area contributed by atoms with Crippen molar-refractivity contribution in [1.82, 2.24) is 4.90 Å². The highest BCUT2D eigenvalue weighted by Crippen LogP contribution is 2.23. The highest BCUT2D eigenvalue weighted by molar-refractivity contribution is 7.91. The first-order valence-corrected chi connectivity index (χ1v) is 10.4. The minimum Gasteiger partial charge on any atom is -0.370 e. The van der Waals surface area contributed by atoms with Crippen LogP contribution >= 0.6 is 0 Å². The smallest absolute Gasteiger partial charge is 0.223 e. The molecule has 0 saturated carbocycles. The van der Waals surface area contributed by atoms with E-state index in [0.717, 1.165) is 11.1 Å². The fraction of sp³-hybridized carbons (Fsp3) is 0.350. The largest absolute Gasteiger partial charge is 0.370 e. The molecule has 1 heterocycles. The van der Waals surface area contributed by atoms with E-state index in [1.54, 1.807) is 41.3 Å². The highest BCUT2D eigenvalue weighted by atomic mass is 32.2. The summed E-state index contributed by atoms with van der Waals surface area (Å²) in [5.74, 6) is -0.780. The van der Waals surface area contributed by atoms with Crippen molar-refractivity contribution in [3.63, 3.8) is 0 Å². The Balaban J connectivity index is 1.60. The van der Waals surface area contributed by atoms with E-state index in [2.05, 4.69) is 0 Å². The Morgan fingerprint density at radius 2 is 1.81 bits per heavy atom. The quantitative estimate of drug-likeness (QED) is 0.786. The normalized spacial score (nSPS) is 17.7. The maximum Gasteiger partial charge on any atom is 0.223 e. The van der Waals surface area contributed by atoms with Crippen LogP contribution in [0.4, 0.5) is 4.39 Å². The number of hydrogen-bond acceptors (Lipinski definition) is 4. The van der Waals surface area contributed by atoms with Crippen molar-refractivity contribution in [3.05, 3.63) is 65.5 Å². The third-order valence-corrected chi connectivity index (χ3v) is 6.36. The van der Waals surface area contributed by atoms with E-state index in [0.29, 0.717) is 19.7 Å². The van der Waals surface area contributed by atoms with E-state index < -0.39 is 9.84 Å². The van der Waals surface area contributed by atoms with Crippen molar-refractivity contribution in [1.29, 1.82) is 0 Å². The second kappa shape index (κ2) is 8.19. The van der Waals surface area contributed by atoms with E-state index >= 15 is 0 Å². The van der Waals surface area contributed by atoms with Gasteiger partial charge in [-0.15, -0.1) is 0 Å². The van der Waals surface area contributed by atoms with Gasteiger partial charge in [0.1, 0.15) is 11.9 Å². The van der Waals surface area contributed by atoms with Crippen LogP contribution in [-0.2, 0) is 19.4 Å². The van der Waals surface area contributed by atoms with E-state index in [4.69, 9.17) is 4.74 Å². The summed E-state index contributed by atoms with van der Waals surface area (Å²) in [6.07, 6.45) is -0.413. The standard InChI is InChI=1S/C20H22FNO4S/c1-15-2-8-18(9-3-15)27(24,25)13-10-20(23)22-11-12-26-19(14-22)16-4-6-17(21)7-5-16/h2-9,19H,10-14H2,1H3/t19-/m0/s1. The lowest BCUT2D eigenvalue weighted by Gasteiger charge is -2.33. The van der Waals surface area contributed by atoms with Crippen LogP contribution < -0.4 is 0 Å². The minimum atomic E-state index is -3.50. The third-order valence-electron chi connectivity index (χ3n) is 4.63. The Hall–Kier alpha value is -2.25. The number of rotatable bonds is 5. The van der Waals surface area contributed by atoms with Crippen LogP contribution in [0, 0.1) is 12.7 Å². The van der Waals surface area contributed by atoms with Gasteiger partial charge in [-0.1, -0.05) is 29.8 Å². The molecule has 0 unspecified atom stereocenters. The molecule has 0 bridgehead atoms. The molecule has 144 valence electrons. The zero-order valence-electron chi connectivity index (χ0n) is 15.1. The van der Waals surface area contributed by atoms with Crippen LogP contribution in [-0.4, -0.2) is 44.7 Å². The molecule has 3 rings (SSSR count). The molecule has 0 spiro atoms. The van der Waals surface area contributed by atoms with Gasteiger partial charge in [0.25, 0.3) is 0 Å². The Labute approximate surface area is 158 Å². The Bertz CT molecular complexity index is 895. The van der Waals surface area contributed by atoms with Crippen molar-refractivity contribution in [2.45, 2.75) is 24.3 Å². The zero-order chi connectivity index (χ0) is 19.4. The number of benzene rings is 2. The van der Waals surface area contributed by atoms with E-state index in [-0.39, 0.29) is 34.9 Å². The van der Waals surface area contributed by atoms with E-state index in [1.807, 2.05) is 6.92 Å². The number of hydrogen-bond donors (Lipinski definition) is 0. The Kier molecular flexibility index (Phi) is 5.92. The number of nitrogens with zero attached hydrogens (tertiary/aromatic N) is 1. The number of halogens is 1. The van der Waals surface area contributed by atoms with Crippen molar-refractivity contribution in [2.24, 2.45) is 0 Å². The van der Waals surface area contributed by atoms with Gasteiger partial charge in [0, 0.05) is 13.0 Å². The summed E-state index contributed by atoms with van der Waals surface area (Å²) in [7, 11) is -3.50. The van der Waals surface area contributed by atoms with Gasteiger partial charge in [-0.05, 0) is 36.8 Å². The molecule has 2 aromatic carbocycles. The molecule has 5 nitrogen and oxygen atoms in total. The number of morpholine rings is 1. The van der Waals surface area contributed by atoms with Gasteiger partial charge in [-0.3, -0.25) is 4.79 Å². The van der Waals surface area contributed by atoms with E-state index in [9.17, 15) is 17.6 Å². The Morgan fingerprint density at radius 3 is 2.48 bits per heavy atom. The first-order valence-electron chi connectivity index (χ1n) is 8.79. The highest BCUT2D eigenvalue weighted by Gasteiger charge is 2.26. The van der Waals surface area contributed by atoms with Crippen LogP contribution in [0.2, 0.25) is 0 Å². The van der Waals surface area contributed by atoms with Gasteiger partial charge >= 0.3 is 0 Å². The first kappa shape index (κ1) is 19.5. The summed E-state index contributed by atoms with van der Waals surface area (Å²) < 4.78 is 43.6. The van der Waals surface area contributed by atoms with Gasteiger partial charge in [-0.2, -0.15) is 0 Å². The summed E-state index contributed by atoms with van der Waals surface area (Å²) in [5.41, 5.74) is 1.77. The summed E-state index contributed by atoms with van der Waals surface area (Å²) >= 11 is 0. The fourth-order valence-corrected chi connectivity index (χ4v) is 4.23. The average Bonchev–Trinajstić information content (AvgIpc) is 2.67. The molecule has 1 saturated heterocycles. The molecule has 1 fully saturated rings. The molecule has 1 aliphatic rings. The SMILES string of the molecule is Cc1ccc(S(=O)(=O)CCC(=O)N2CCO[C@H](c3ccc(F)cc3)C2)cc1. The van der Waals surface area contributed by atoms with Gasteiger partial charge in [0.2, 0.25) is 5.91 Å². The summed E-state index contributed by atoms with van der Waals surface area (Å²) in [6.45, 7) is 2.99. The average molecular weight is 391 g/mol. The number of sulfone groups is 1. The van der Waals surface area contributed by atoms with Crippen LogP contribution in [0.5, 0.6) is 0 Å². The molecule has 0 aromatic heterocycles. The lowest BCUT2D eigenvalue weighted by molar-refractivity contribution is -0.138. The number of carbonyl (C=O) groups excluding carboxylic acids is 1. The lowest BCUT2D eigenvalue weighted by Crippen LogP contribution is -2.42. The van der Waals surface area contributed by atoms with Crippen molar-refractivity contribution >= 4 is 15.7 Å². The second-order valence-corrected chi connectivity index (χ2v) is 8.74.